The number of aryl methyl sites for hydroxylation is 1. The number of nitrogens with one attached hydrogen (secondary N) is 1. The Balaban J connectivity index is 2.68. The number of aliphatic carboxylic acids is 1. The van der Waals surface area contributed by atoms with E-state index in [9.17, 15) is 14.7 Å². The minimum Gasteiger partial charge on any atom is -0.479 e. The van der Waals surface area contributed by atoms with Crippen LogP contribution in [0, 0.1) is 0 Å². The van der Waals surface area contributed by atoms with Crippen LogP contribution < -0.4 is 5.32 Å². The summed E-state index contributed by atoms with van der Waals surface area (Å²) in [7, 11) is 0. The third kappa shape index (κ3) is 6.58. The number of hydrogen-bond donors (Lipinski definition) is 3. The summed E-state index contributed by atoms with van der Waals surface area (Å²) in [5, 5.41) is 21.1. The van der Waals surface area contributed by atoms with Crippen molar-refractivity contribution < 1.29 is 24.5 Å². The first kappa shape index (κ1) is 18.0. The summed E-state index contributed by atoms with van der Waals surface area (Å²) in [6, 6.07) is 8.51. The molecule has 122 valence electrons. The van der Waals surface area contributed by atoms with E-state index in [4.69, 9.17) is 9.84 Å². The van der Waals surface area contributed by atoms with Crippen LogP contribution >= 0.6 is 0 Å². The van der Waals surface area contributed by atoms with Gasteiger partial charge in [0.25, 0.3) is 0 Å². The molecule has 0 aliphatic carbocycles. The summed E-state index contributed by atoms with van der Waals surface area (Å²) in [5.74, 6) is -1.38. The summed E-state index contributed by atoms with van der Waals surface area (Å²) >= 11 is 0. The molecule has 0 heterocycles. The molecule has 0 radical (unpaired) electrons. The fraction of sp³-hybridized carbons (Fsp3) is 0.500. The van der Waals surface area contributed by atoms with Crippen molar-refractivity contribution in [3.05, 3.63) is 35.9 Å². The van der Waals surface area contributed by atoms with Crippen molar-refractivity contribution in [3.63, 3.8) is 0 Å². The molecule has 0 saturated carbocycles. The summed E-state index contributed by atoms with van der Waals surface area (Å²) in [4.78, 5) is 22.7. The number of carboxylic acid groups (broad SMARTS) is 1. The number of amides is 1. The van der Waals surface area contributed by atoms with Gasteiger partial charge in [0.2, 0.25) is 0 Å². The molecule has 1 unspecified atom stereocenters. The van der Waals surface area contributed by atoms with Gasteiger partial charge in [-0.1, -0.05) is 30.3 Å². The van der Waals surface area contributed by atoms with Gasteiger partial charge in [0.15, 0.2) is 6.10 Å². The lowest BCUT2D eigenvalue weighted by molar-refractivity contribution is -0.148. The van der Waals surface area contributed by atoms with Crippen molar-refractivity contribution in [1.29, 1.82) is 0 Å². The van der Waals surface area contributed by atoms with Gasteiger partial charge < -0.3 is 20.3 Å². The number of carbonyl (C=O) groups excluding carboxylic acids is 1. The molecule has 1 aromatic rings. The van der Waals surface area contributed by atoms with Crippen LogP contribution in [-0.4, -0.2) is 40.0 Å². The molecule has 3 N–H and O–H groups in total. The maximum Gasteiger partial charge on any atom is 0.407 e. The predicted octanol–water partition coefficient (Wildman–Crippen LogP) is 1.96. The highest BCUT2D eigenvalue weighted by Gasteiger charge is 2.28. The Kier molecular flexibility index (Phi) is 6.37. The maximum atomic E-state index is 11.8. The van der Waals surface area contributed by atoms with E-state index in [1.165, 1.54) is 0 Å². The number of hydrogen-bond acceptors (Lipinski definition) is 4. The second-order valence-electron chi connectivity index (χ2n) is 6.06. The lowest BCUT2D eigenvalue weighted by atomic mass is 10.0. The average molecular weight is 309 g/mol. The van der Waals surface area contributed by atoms with Gasteiger partial charge in [-0.05, 0) is 39.2 Å². The van der Waals surface area contributed by atoms with Crippen molar-refractivity contribution in [3.8, 4) is 0 Å². The third-order valence-electron chi connectivity index (χ3n) is 2.92. The highest BCUT2D eigenvalue weighted by atomic mass is 16.6. The van der Waals surface area contributed by atoms with E-state index in [2.05, 4.69) is 5.32 Å². The molecule has 22 heavy (non-hydrogen) atoms. The number of carboxylic acids is 1. The Morgan fingerprint density at radius 1 is 1.23 bits per heavy atom. The van der Waals surface area contributed by atoms with Gasteiger partial charge in [-0.15, -0.1) is 0 Å². The molecule has 0 saturated heterocycles. The van der Waals surface area contributed by atoms with E-state index in [1.54, 1.807) is 20.8 Å². The van der Waals surface area contributed by atoms with Gasteiger partial charge in [-0.3, -0.25) is 0 Å². The number of aliphatic hydroxyl groups is 1. The highest BCUT2D eigenvalue weighted by molar-refractivity contribution is 5.75. The first-order valence-electron chi connectivity index (χ1n) is 7.13. The molecule has 1 amide bonds. The van der Waals surface area contributed by atoms with E-state index < -0.39 is 29.8 Å². The molecular weight excluding hydrogens is 286 g/mol. The van der Waals surface area contributed by atoms with E-state index in [0.29, 0.717) is 6.42 Å². The molecule has 6 heteroatoms. The number of aliphatic hydroxyl groups excluding tert-OH is 1. The van der Waals surface area contributed by atoms with Gasteiger partial charge in [-0.25, -0.2) is 9.59 Å². The lowest BCUT2D eigenvalue weighted by Crippen LogP contribution is -2.48. The zero-order valence-corrected chi connectivity index (χ0v) is 13.1. The normalized spacial score (nSPS) is 14.0. The SMILES string of the molecule is CC(C)(C)OC(=O)N[C@H](CCc1ccccc1)C(O)C(=O)O. The van der Waals surface area contributed by atoms with Gasteiger partial charge in [-0.2, -0.15) is 0 Å². The van der Waals surface area contributed by atoms with E-state index in [1.807, 2.05) is 30.3 Å². The number of rotatable bonds is 6. The maximum absolute atomic E-state index is 11.8. The smallest absolute Gasteiger partial charge is 0.407 e. The Bertz CT molecular complexity index is 495. The van der Waals surface area contributed by atoms with Crippen LogP contribution in [0.4, 0.5) is 4.79 Å². The summed E-state index contributed by atoms with van der Waals surface area (Å²) < 4.78 is 5.10. The van der Waals surface area contributed by atoms with Crippen LogP contribution in [0.2, 0.25) is 0 Å². The van der Waals surface area contributed by atoms with E-state index in [-0.39, 0.29) is 6.42 Å². The number of alkyl carbamates (subject to hydrolysis) is 1. The van der Waals surface area contributed by atoms with Gasteiger partial charge in [0, 0.05) is 0 Å². The molecule has 2 atom stereocenters. The van der Waals surface area contributed by atoms with Crippen LogP contribution in [0.1, 0.15) is 32.8 Å². The van der Waals surface area contributed by atoms with Crippen LogP contribution in [0.5, 0.6) is 0 Å². The Morgan fingerprint density at radius 2 is 1.82 bits per heavy atom. The molecule has 0 spiro atoms. The predicted molar refractivity (Wildman–Crippen MR) is 81.6 cm³/mol. The van der Waals surface area contributed by atoms with Gasteiger partial charge in [0.1, 0.15) is 5.60 Å². The van der Waals surface area contributed by atoms with Gasteiger partial charge >= 0.3 is 12.1 Å². The number of carbonyl (C=O) groups is 2. The Morgan fingerprint density at radius 3 is 2.32 bits per heavy atom. The highest BCUT2D eigenvalue weighted by Crippen LogP contribution is 2.11. The van der Waals surface area contributed by atoms with Crippen LogP contribution in [0.15, 0.2) is 30.3 Å². The van der Waals surface area contributed by atoms with Crippen molar-refractivity contribution >= 4 is 12.1 Å². The first-order valence-corrected chi connectivity index (χ1v) is 7.13. The molecule has 0 aliphatic heterocycles. The van der Waals surface area contributed by atoms with Crippen molar-refractivity contribution in [1.82, 2.24) is 5.32 Å². The molecule has 0 bridgehead atoms. The van der Waals surface area contributed by atoms with Crippen LogP contribution in [0.3, 0.4) is 0 Å². The van der Waals surface area contributed by atoms with E-state index in [0.717, 1.165) is 5.56 Å². The summed E-state index contributed by atoms with van der Waals surface area (Å²) in [6.45, 7) is 5.12. The number of benzene rings is 1. The van der Waals surface area contributed by atoms with Crippen molar-refractivity contribution in [2.45, 2.75) is 51.4 Å². The minimum absolute atomic E-state index is 0.288. The monoisotopic (exact) mass is 309 g/mol. The third-order valence-corrected chi connectivity index (χ3v) is 2.92. The fourth-order valence-electron chi connectivity index (χ4n) is 1.91. The fourth-order valence-corrected chi connectivity index (χ4v) is 1.91. The Labute approximate surface area is 130 Å². The molecule has 1 aromatic carbocycles. The van der Waals surface area contributed by atoms with Gasteiger partial charge in [0.05, 0.1) is 6.04 Å². The summed E-state index contributed by atoms with van der Waals surface area (Å²) in [5.41, 5.74) is 0.304. The van der Waals surface area contributed by atoms with Crippen LogP contribution in [-0.2, 0) is 16.0 Å². The molecular formula is C16H23NO5. The largest absolute Gasteiger partial charge is 0.479 e. The standard InChI is InChI=1S/C16H23NO5/c1-16(2,3)22-15(21)17-12(13(18)14(19)20)10-9-11-7-5-4-6-8-11/h4-8,12-13,18H,9-10H2,1-3H3,(H,17,21)(H,19,20)/t12-,13?/m1/s1. The molecule has 0 fully saturated rings. The molecule has 0 aromatic heterocycles. The minimum atomic E-state index is -1.68. The number of ether oxygens (including phenoxy) is 1. The second-order valence-corrected chi connectivity index (χ2v) is 6.06. The zero-order valence-electron chi connectivity index (χ0n) is 13.1. The zero-order chi connectivity index (χ0) is 16.8. The Hall–Kier alpha value is -2.08. The quantitative estimate of drug-likeness (QED) is 0.746. The van der Waals surface area contributed by atoms with Crippen molar-refractivity contribution in [2.24, 2.45) is 0 Å². The molecule has 0 aliphatic rings. The molecule has 6 nitrogen and oxygen atoms in total. The second kappa shape index (κ2) is 7.79. The van der Waals surface area contributed by atoms with Crippen molar-refractivity contribution in [2.75, 3.05) is 0 Å². The lowest BCUT2D eigenvalue weighted by Gasteiger charge is -2.25. The average Bonchev–Trinajstić information content (AvgIpc) is 2.41. The van der Waals surface area contributed by atoms with Crippen LogP contribution in [0.25, 0.3) is 0 Å². The molecule has 1 rings (SSSR count). The first-order chi connectivity index (χ1) is 10.2. The summed E-state index contributed by atoms with van der Waals surface area (Å²) in [6.07, 6.45) is -1.61. The topological polar surface area (TPSA) is 95.9 Å². The van der Waals surface area contributed by atoms with E-state index >= 15 is 0 Å².